The third kappa shape index (κ3) is 3.67. The number of benzene rings is 2. The van der Waals surface area contributed by atoms with Gasteiger partial charge in [-0.2, -0.15) is 0 Å². The van der Waals surface area contributed by atoms with Crippen molar-refractivity contribution in [2.75, 3.05) is 18.4 Å². The van der Waals surface area contributed by atoms with Crippen molar-refractivity contribution in [2.45, 2.75) is 57.9 Å². The van der Waals surface area contributed by atoms with Crippen molar-refractivity contribution in [3.63, 3.8) is 0 Å². The van der Waals surface area contributed by atoms with Crippen molar-refractivity contribution in [2.24, 2.45) is 5.92 Å². The lowest BCUT2D eigenvalue weighted by molar-refractivity contribution is 0.0792. The number of nitrogens with zero attached hydrogens (tertiary/aromatic N) is 1. The lowest BCUT2D eigenvalue weighted by Gasteiger charge is -2.40. The molecule has 0 aliphatic carbocycles. The van der Waals surface area contributed by atoms with Crippen molar-refractivity contribution in [1.29, 1.82) is 0 Å². The Hall–Kier alpha value is -2.29. The summed E-state index contributed by atoms with van der Waals surface area (Å²) in [5, 5.41) is 3.81. The lowest BCUT2D eigenvalue weighted by atomic mass is 9.73. The lowest BCUT2D eigenvalue weighted by Crippen LogP contribution is -2.32. The molecule has 4 rings (SSSR count). The van der Waals surface area contributed by atoms with Gasteiger partial charge in [-0.05, 0) is 60.4 Å². The van der Waals surface area contributed by atoms with E-state index in [0.29, 0.717) is 17.9 Å². The summed E-state index contributed by atoms with van der Waals surface area (Å²) in [5.41, 5.74) is 4.70. The Morgan fingerprint density at radius 3 is 2.57 bits per heavy atom. The number of carbonyl (C=O) groups is 1. The quantitative estimate of drug-likeness (QED) is 0.694. The molecule has 3 unspecified atom stereocenters. The highest BCUT2D eigenvalue weighted by molar-refractivity contribution is 5.95. The molecule has 148 valence electrons. The Morgan fingerprint density at radius 2 is 1.86 bits per heavy atom. The van der Waals surface area contributed by atoms with E-state index in [2.05, 4.69) is 61.6 Å². The van der Waals surface area contributed by atoms with Crippen molar-refractivity contribution in [3.8, 4) is 0 Å². The van der Waals surface area contributed by atoms with Crippen LogP contribution in [0.2, 0.25) is 0 Å². The molecule has 2 aromatic carbocycles. The summed E-state index contributed by atoms with van der Waals surface area (Å²) in [6.45, 7) is 6.41. The molecule has 0 saturated carbocycles. The number of fused-ring (bicyclic) bond motifs is 1. The van der Waals surface area contributed by atoms with Crippen LogP contribution in [0.3, 0.4) is 0 Å². The van der Waals surface area contributed by atoms with Crippen LogP contribution in [0, 0.1) is 5.92 Å². The van der Waals surface area contributed by atoms with Crippen LogP contribution in [-0.2, 0) is 0 Å². The second-order valence-corrected chi connectivity index (χ2v) is 8.43. The average Bonchev–Trinajstić information content (AvgIpc) is 3.28. The van der Waals surface area contributed by atoms with Crippen molar-refractivity contribution in [3.05, 3.63) is 65.2 Å². The van der Waals surface area contributed by atoms with Gasteiger partial charge in [0.05, 0.1) is 6.04 Å². The zero-order valence-corrected chi connectivity index (χ0v) is 17.2. The number of nitrogens with one attached hydrogen (secondary N) is 1. The summed E-state index contributed by atoms with van der Waals surface area (Å²) in [4.78, 5) is 14.9. The Kier molecular flexibility index (Phi) is 5.70. The SMILES string of the molecule is CCCCC1C(C)c2cc(C(=O)N3CCCC3)ccc2NC1c1ccccc1. The van der Waals surface area contributed by atoms with Crippen LogP contribution in [-0.4, -0.2) is 23.9 Å². The molecule has 1 amide bonds. The predicted molar refractivity (Wildman–Crippen MR) is 116 cm³/mol. The monoisotopic (exact) mass is 376 g/mol. The number of carbonyl (C=O) groups excluding carboxylic acids is 1. The van der Waals surface area contributed by atoms with Gasteiger partial charge in [-0.25, -0.2) is 0 Å². The minimum Gasteiger partial charge on any atom is -0.378 e. The van der Waals surface area contributed by atoms with Crippen LogP contribution in [0.1, 0.15) is 79.4 Å². The number of amides is 1. The fraction of sp³-hybridized carbons (Fsp3) is 0.480. The topological polar surface area (TPSA) is 32.3 Å². The van der Waals surface area contributed by atoms with Crippen LogP contribution in [0.25, 0.3) is 0 Å². The maximum Gasteiger partial charge on any atom is 0.253 e. The van der Waals surface area contributed by atoms with Gasteiger partial charge in [0.25, 0.3) is 5.91 Å². The van der Waals surface area contributed by atoms with Gasteiger partial charge in [-0.15, -0.1) is 0 Å². The zero-order chi connectivity index (χ0) is 19.5. The molecular formula is C25H32N2O. The van der Waals surface area contributed by atoms with Gasteiger partial charge in [0, 0.05) is 24.3 Å². The minimum absolute atomic E-state index is 0.197. The zero-order valence-electron chi connectivity index (χ0n) is 17.2. The van der Waals surface area contributed by atoms with Crippen LogP contribution < -0.4 is 5.32 Å². The predicted octanol–water partition coefficient (Wildman–Crippen LogP) is 6.00. The number of hydrogen-bond donors (Lipinski definition) is 1. The third-order valence-electron chi connectivity index (χ3n) is 6.61. The molecule has 2 aliphatic heterocycles. The molecule has 2 heterocycles. The van der Waals surface area contributed by atoms with Gasteiger partial charge >= 0.3 is 0 Å². The standard InChI is InChI=1S/C25H32N2O/c1-3-4-12-21-18(2)22-17-20(25(28)27-15-8-9-16-27)13-14-23(22)26-24(21)19-10-6-5-7-11-19/h5-7,10-11,13-14,17-18,21,24,26H,3-4,8-9,12,15-16H2,1-2H3. The highest BCUT2D eigenvalue weighted by Crippen LogP contribution is 2.46. The van der Waals surface area contributed by atoms with E-state index in [0.717, 1.165) is 31.5 Å². The first-order chi connectivity index (χ1) is 13.7. The summed E-state index contributed by atoms with van der Waals surface area (Å²) in [5.74, 6) is 1.16. The number of hydrogen-bond acceptors (Lipinski definition) is 2. The van der Waals surface area contributed by atoms with Crippen LogP contribution in [0.4, 0.5) is 5.69 Å². The average molecular weight is 377 g/mol. The molecule has 1 N–H and O–H groups in total. The third-order valence-corrected chi connectivity index (χ3v) is 6.61. The fourth-order valence-electron chi connectivity index (χ4n) is 4.95. The first kappa shape index (κ1) is 19.0. The van der Waals surface area contributed by atoms with Gasteiger partial charge < -0.3 is 10.2 Å². The molecule has 3 nitrogen and oxygen atoms in total. The summed E-state index contributed by atoms with van der Waals surface area (Å²) in [6.07, 6.45) is 5.92. The second-order valence-electron chi connectivity index (χ2n) is 8.43. The Morgan fingerprint density at radius 1 is 1.11 bits per heavy atom. The first-order valence-electron chi connectivity index (χ1n) is 10.9. The maximum absolute atomic E-state index is 12.9. The van der Waals surface area contributed by atoms with Crippen molar-refractivity contribution < 1.29 is 4.79 Å². The van der Waals surface area contributed by atoms with Gasteiger partial charge in [-0.1, -0.05) is 57.0 Å². The van der Waals surface area contributed by atoms with Crippen LogP contribution in [0.15, 0.2) is 48.5 Å². The Balaban J connectivity index is 1.66. The number of anilines is 1. The smallest absolute Gasteiger partial charge is 0.253 e. The first-order valence-corrected chi connectivity index (χ1v) is 10.9. The van der Waals surface area contributed by atoms with E-state index in [4.69, 9.17) is 0 Å². The fourth-order valence-corrected chi connectivity index (χ4v) is 4.95. The van der Waals surface area contributed by atoms with E-state index >= 15 is 0 Å². The van der Waals surface area contributed by atoms with Crippen LogP contribution >= 0.6 is 0 Å². The summed E-state index contributed by atoms with van der Waals surface area (Å²) < 4.78 is 0. The normalized spacial score (nSPS) is 23.9. The van der Waals surface area contributed by atoms with Crippen LogP contribution in [0.5, 0.6) is 0 Å². The number of rotatable bonds is 5. The maximum atomic E-state index is 12.9. The van der Waals surface area contributed by atoms with E-state index in [1.165, 1.54) is 36.1 Å². The molecule has 2 aliphatic rings. The van der Waals surface area contributed by atoms with Gasteiger partial charge in [-0.3, -0.25) is 4.79 Å². The number of likely N-dealkylation sites (tertiary alicyclic amines) is 1. The molecule has 28 heavy (non-hydrogen) atoms. The van der Waals surface area contributed by atoms with E-state index in [1.807, 2.05) is 11.0 Å². The molecule has 0 bridgehead atoms. The summed E-state index contributed by atoms with van der Waals surface area (Å²) >= 11 is 0. The van der Waals surface area contributed by atoms with Gasteiger partial charge in [0.15, 0.2) is 0 Å². The Bertz CT molecular complexity index is 811. The summed E-state index contributed by atoms with van der Waals surface area (Å²) in [7, 11) is 0. The van der Waals surface area contributed by atoms with E-state index < -0.39 is 0 Å². The largest absolute Gasteiger partial charge is 0.378 e. The molecule has 3 atom stereocenters. The summed E-state index contributed by atoms with van der Waals surface area (Å²) in [6, 6.07) is 17.4. The van der Waals surface area contributed by atoms with Crippen molar-refractivity contribution in [1.82, 2.24) is 4.90 Å². The molecule has 3 heteroatoms. The molecule has 2 aromatic rings. The van der Waals surface area contributed by atoms with E-state index in [1.54, 1.807) is 0 Å². The molecule has 1 fully saturated rings. The van der Waals surface area contributed by atoms with E-state index in [9.17, 15) is 4.79 Å². The highest BCUT2D eigenvalue weighted by Gasteiger charge is 2.35. The van der Waals surface area contributed by atoms with Gasteiger partial charge in [0.1, 0.15) is 0 Å². The molecular weight excluding hydrogens is 344 g/mol. The van der Waals surface area contributed by atoms with Gasteiger partial charge in [0.2, 0.25) is 0 Å². The number of unbranched alkanes of at least 4 members (excludes halogenated alkanes) is 1. The molecule has 0 radical (unpaired) electrons. The molecule has 1 saturated heterocycles. The molecule has 0 spiro atoms. The van der Waals surface area contributed by atoms with Crippen molar-refractivity contribution >= 4 is 11.6 Å². The Labute approximate surface area is 169 Å². The molecule has 0 aromatic heterocycles. The van der Waals surface area contributed by atoms with E-state index in [-0.39, 0.29) is 5.91 Å². The highest BCUT2D eigenvalue weighted by atomic mass is 16.2. The second kappa shape index (κ2) is 8.38. The minimum atomic E-state index is 0.197.